The Balaban J connectivity index is 1.25. The minimum atomic E-state index is -2.53. The SMILES string of the molecule is C=CC[C@@H]1/C=C(\C)C[C@H](C)C[C@H](OC)C2O[C@@](O)(C(=O)C(=O)N3CCCC[C@H]3C(=O)O[C@H](/C(C)=C/[C@@H]3CCC(OCc4ccc(O[C@H]5CCOC5=O)cc4)[C@H](OC)C3)[C@H](C)[C@@H](O)CC1=O)[C@H](C)C[C@@H]2OC. The number of ketones is 2. The first-order valence-corrected chi connectivity index (χ1v) is 25.7. The van der Waals surface area contributed by atoms with E-state index in [9.17, 15) is 34.2 Å². The molecule has 0 radical (unpaired) electrons. The third kappa shape index (κ3) is 13.9. The van der Waals surface area contributed by atoms with Gasteiger partial charge in [-0.2, -0.15) is 0 Å². The highest BCUT2D eigenvalue weighted by Gasteiger charge is 2.56. The highest BCUT2D eigenvalue weighted by atomic mass is 16.7. The van der Waals surface area contributed by atoms with Gasteiger partial charge in [0.15, 0.2) is 6.10 Å². The molecule has 1 amide bonds. The molecule has 1 aromatic rings. The molecule has 4 fully saturated rings. The summed E-state index contributed by atoms with van der Waals surface area (Å²) in [5.41, 5.74) is 2.54. The Morgan fingerprint density at radius 1 is 0.873 bits per heavy atom. The molecule has 5 aliphatic rings. The molecule has 1 aromatic carbocycles. The highest BCUT2D eigenvalue weighted by molar-refractivity contribution is 6.39. The number of fused-ring (bicyclic) bond motifs is 3. The van der Waals surface area contributed by atoms with Crippen molar-refractivity contribution < 1.29 is 72.1 Å². The molecular formula is C55H79NO15. The van der Waals surface area contributed by atoms with Gasteiger partial charge in [0.25, 0.3) is 11.7 Å². The summed E-state index contributed by atoms with van der Waals surface area (Å²) in [4.78, 5) is 70.6. The molecule has 394 valence electrons. The lowest BCUT2D eigenvalue weighted by Crippen LogP contribution is -2.64. The van der Waals surface area contributed by atoms with E-state index in [-0.39, 0.29) is 61.6 Å². The number of carbonyl (C=O) groups excluding carboxylic acids is 5. The molecule has 16 heteroatoms. The van der Waals surface area contributed by atoms with Crippen molar-refractivity contribution in [2.45, 2.75) is 179 Å². The van der Waals surface area contributed by atoms with Gasteiger partial charge in [-0.25, -0.2) is 9.59 Å². The van der Waals surface area contributed by atoms with Crippen molar-refractivity contribution >= 4 is 29.4 Å². The topological polar surface area (TPSA) is 203 Å². The molecule has 2 unspecified atom stereocenters. The number of hydrogen-bond donors (Lipinski definition) is 2. The second kappa shape index (κ2) is 25.6. The Morgan fingerprint density at radius 3 is 2.24 bits per heavy atom. The lowest BCUT2D eigenvalue weighted by molar-refractivity contribution is -0.302. The van der Waals surface area contributed by atoms with E-state index in [1.807, 2.05) is 57.2 Å². The van der Waals surface area contributed by atoms with Gasteiger partial charge in [-0.1, -0.05) is 56.7 Å². The smallest absolute Gasteiger partial charge is 0.347 e. The molecule has 71 heavy (non-hydrogen) atoms. The van der Waals surface area contributed by atoms with Crippen molar-refractivity contribution in [2.24, 2.45) is 29.6 Å². The van der Waals surface area contributed by atoms with E-state index in [4.69, 9.17) is 37.9 Å². The van der Waals surface area contributed by atoms with E-state index >= 15 is 0 Å². The molecule has 0 spiro atoms. The average Bonchev–Trinajstić information content (AvgIpc) is 3.77. The fourth-order valence-electron chi connectivity index (χ4n) is 11.2. The molecule has 15 atom stereocenters. The van der Waals surface area contributed by atoms with Gasteiger partial charge in [0.05, 0.1) is 43.7 Å². The highest BCUT2D eigenvalue weighted by Crippen LogP contribution is 2.40. The van der Waals surface area contributed by atoms with E-state index in [1.54, 1.807) is 27.0 Å². The fourth-order valence-corrected chi connectivity index (χ4v) is 11.2. The summed E-state index contributed by atoms with van der Waals surface area (Å²) >= 11 is 0. The molecule has 1 saturated carbocycles. The van der Waals surface area contributed by atoms with Gasteiger partial charge in [0, 0.05) is 58.5 Å². The van der Waals surface area contributed by atoms with Crippen LogP contribution in [0.25, 0.3) is 0 Å². The third-order valence-electron chi connectivity index (χ3n) is 15.4. The third-order valence-corrected chi connectivity index (χ3v) is 15.4. The lowest BCUT2D eigenvalue weighted by atomic mass is 9.81. The number of benzene rings is 1. The fraction of sp³-hybridized carbons (Fsp3) is 0.691. The molecule has 1 aliphatic carbocycles. The zero-order valence-corrected chi connectivity index (χ0v) is 43.1. The van der Waals surface area contributed by atoms with Crippen LogP contribution in [-0.4, -0.2) is 140 Å². The number of rotatable bonds is 12. The van der Waals surface area contributed by atoms with Gasteiger partial charge in [0.1, 0.15) is 29.8 Å². The molecule has 6 rings (SSSR count). The first kappa shape index (κ1) is 56.0. The maximum Gasteiger partial charge on any atom is 0.347 e. The van der Waals surface area contributed by atoms with Gasteiger partial charge >= 0.3 is 11.9 Å². The van der Waals surface area contributed by atoms with Crippen LogP contribution in [0, 0.1) is 29.6 Å². The number of cyclic esters (lactones) is 2. The molecule has 3 saturated heterocycles. The number of esters is 2. The molecular weight excluding hydrogens is 915 g/mol. The molecule has 0 aromatic heterocycles. The molecule has 4 aliphatic heterocycles. The van der Waals surface area contributed by atoms with E-state index in [0.29, 0.717) is 75.9 Å². The zero-order chi connectivity index (χ0) is 51.6. The maximum atomic E-state index is 14.6. The molecule has 16 nitrogen and oxygen atoms in total. The van der Waals surface area contributed by atoms with Crippen molar-refractivity contribution in [1.82, 2.24) is 4.90 Å². The van der Waals surface area contributed by atoms with Crippen molar-refractivity contribution in [3.8, 4) is 5.75 Å². The molecule has 2 bridgehead atoms. The summed E-state index contributed by atoms with van der Waals surface area (Å²) < 4.78 is 47.6. The Bertz CT molecular complexity index is 2070. The monoisotopic (exact) mass is 994 g/mol. The largest absolute Gasteiger partial charge is 0.479 e. The van der Waals surface area contributed by atoms with Crippen LogP contribution in [0.15, 0.2) is 60.2 Å². The number of methoxy groups -OCH3 is 3. The first-order valence-electron chi connectivity index (χ1n) is 25.7. The van der Waals surface area contributed by atoms with Crippen molar-refractivity contribution in [3.63, 3.8) is 0 Å². The van der Waals surface area contributed by atoms with Crippen molar-refractivity contribution in [3.05, 3.63) is 65.8 Å². The van der Waals surface area contributed by atoms with Crippen molar-refractivity contribution in [2.75, 3.05) is 34.5 Å². The predicted molar refractivity (Wildman–Crippen MR) is 262 cm³/mol. The van der Waals surface area contributed by atoms with Crippen LogP contribution in [0.2, 0.25) is 0 Å². The van der Waals surface area contributed by atoms with E-state index in [2.05, 4.69) is 6.58 Å². The van der Waals surface area contributed by atoms with E-state index in [0.717, 1.165) is 17.6 Å². The minimum Gasteiger partial charge on any atom is -0.479 e. The second-order valence-corrected chi connectivity index (χ2v) is 20.8. The van der Waals surface area contributed by atoms with Crippen LogP contribution in [0.4, 0.5) is 0 Å². The molecule has 4 heterocycles. The Morgan fingerprint density at radius 2 is 1.58 bits per heavy atom. The molecule has 2 N–H and O–H groups in total. The summed E-state index contributed by atoms with van der Waals surface area (Å²) in [5.74, 6) is -7.69. The van der Waals surface area contributed by atoms with Gasteiger partial charge < -0.3 is 53.0 Å². The number of amides is 1. The van der Waals surface area contributed by atoms with Crippen LogP contribution in [0.1, 0.15) is 117 Å². The number of aliphatic hydroxyl groups excluding tert-OH is 1. The number of Topliss-reactive ketones (excluding diaryl/α,β-unsaturated/α-hetero) is 2. The number of nitrogens with zero attached hydrogens (tertiary/aromatic N) is 1. The van der Waals surface area contributed by atoms with Crippen LogP contribution in [0.3, 0.4) is 0 Å². The summed E-state index contributed by atoms with van der Waals surface area (Å²) in [6, 6.07) is 6.25. The number of piperidine rings is 1. The van der Waals surface area contributed by atoms with E-state index in [1.165, 1.54) is 19.1 Å². The zero-order valence-electron chi connectivity index (χ0n) is 43.1. The van der Waals surface area contributed by atoms with Crippen LogP contribution in [0.5, 0.6) is 5.75 Å². The summed E-state index contributed by atoms with van der Waals surface area (Å²) in [6.07, 6.45) is 5.43. The van der Waals surface area contributed by atoms with Gasteiger partial charge in [-0.3, -0.25) is 14.4 Å². The Kier molecular flexibility index (Phi) is 20.2. The van der Waals surface area contributed by atoms with Gasteiger partial charge in [0.2, 0.25) is 5.79 Å². The number of carbonyl (C=O) groups is 5. The standard InChI is InChI=1S/C55H79NO15/c1-10-13-39-25-32(2)24-33(3)26-47(65-8)50-48(66-9)28-35(5)55(63,71-50)51(59)52(60)56-22-12-11-14-41(56)53(61)70-49(36(6)42(57)30-43(39)58)34(4)27-38-17-20-44(46(29-38)64-7)68-31-37-15-18-40(19-16-37)69-45-21-23-67-54(45)62/h10,15-16,18-19,25,27,33,35-36,38-39,41-42,44-50,57,63H,1,11-14,17,20-24,26,28-31H2,2-9H3/b32-25+,34-27+/t33-,35+,36+,38-,39+,41-,42-,44?,45-,46+,47-,48-,49+,50?,55+/m0/s1. The summed E-state index contributed by atoms with van der Waals surface area (Å²) in [7, 11) is 4.70. The minimum absolute atomic E-state index is 0.00668. The van der Waals surface area contributed by atoms with Crippen LogP contribution in [-0.2, 0) is 63.7 Å². The summed E-state index contributed by atoms with van der Waals surface area (Å²) in [6.45, 7) is 13.9. The number of hydrogen-bond acceptors (Lipinski definition) is 15. The Hall–Kier alpha value is -4.29. The average molecular weight is 994 g/mol. The first-order chi connectivity index (χ1) is 33.9. The van der Waals surface area contributed by atoms with Crippen LogP contribution >= 0.6 is 0 Å². The number of allylic oxidation sites excluding steroid dienone is 4. The van der Waals surface area contributed by atoms with E-state index < -0.39 is 83.9 Å². The Labute approximate surface area is 419 Å². The van der Waals surface area contributed by atoms with Crippen LogP contribution < -0.4 is 4.74 Å². The quantitative estimate of drug-likeness (QED) is 0.129. The second-order valence-electron chi connectivity index (χ2n) is 20.8. The maximum absolute atomic E-state index is 14.6. The summed E-state index contributed by atoms with van der Waals surface area (Å²) in [5, 5.41) is 24.1. The number of ether oxygens (including phenoxy) is 8. The number of aliphatic hydroxyl groups is 2. The lowest BCUT2D eigenvalue weighted by Gasteiger charge is -2.47. The van der Waals surface area contributed by atoms with Crippen molar-refractivity contribution in [1.29, 1.82) is 0 Å². The van der Waals surface area contributed by atoms with Gasteiger partial charge in [-0.05, 0) is 113 Å². The van der Waals surface area contributed by atoms with Gasteiger partial charge in [-0.15, -0.1) is 6.58 Å². The predicted octanol–water partition coefficient (Wildman–Crippen LogP) is 6.56. The normalized spacial score (nSPS) is 37.2.